The SMILES string of the molecule is COc1ncc(-c2nnn3c2COc2ccccc2-3)c(OC)n1. The van der Waals surface area contributed by atoms with Crippen LogP contribution in [0.5, 0.6) is 17.6 Å². The van der Waals surface area contributed by atoms with Gasteiger partial charge in [0.25, 0.3) is 0 Å². The number of benzene rings is 1. The molecule has 1 aliphatic heterocycles. The Balaban J connectivity index is 1.86. The monoisotopic (exact) mass is 311 g/mol. The second-order valence-electron chi connectivity index (χ2n) is 4.83. The normalized spacial score (nSPS) is 12.1. The molecule has 0 spiro atoms. The smallest absolute Gasteiger partial charge is 0.319 e. The van der Waals surface area contributed by atoms with Gasteiger partial charge in [-0.25, -0.2) is 9.67 Å². The number of hydrogen-bond acceptors (Lipinski definition) is 7. The minimum absolute atomic E-state index is 0.230. The first-order valence-corrected chi connectivity index (χ1v) is 6.94. The Bertz CT molecular complexity index is 877. The molecule has 1 aromatic carbocycles. The molecule has 3 heterocycles. The molecule has 23 heavy (non-hydrogen) atoms. The molecule has 8 nitrogen and oxygen atoms in total. The number of para-hydroxylation sites is 2. The van der Waals surface area contributed by atoms with Crippen LogP contribution in [-0.4, -0.2) is 39.2 Å². The largest absolute Gasteiger partial charge is 0.485 e. The summed E-state index contributed by atoms with van der Waals surface area (Å²) in [5, 5.41) is 8.50. The molecule has 0 aliphatic carbocycles. The van der Waals surface area contributed by atoms with E-state index < -0.39 is 0 Å². The van der Waals surface area contributed by atoms with E-state index >= 15 is 0 Å². The highest BCUT2D eigenvalue weighted by Crippen LogP contribution is 2.35. The lowest BCUT2D eigenvalue weighted by atomic mass is 10.1. The minimum Gasteiger partial charge on any atom is -0.485 e. The molecule has 3 aromatic rings. The highest BCUT2D eigenvalue weighted by atomic mass is 16.5. The van der Waals surface area contributed by atoms with Crippen molar-refractivity contribution in [2.24, 2.45) is 0 Å². The summed E-state index contributed by atoms with van der Waals surface area (Å²) in [7, 11) is 3.03. The van der Waals surface area contributed by atoms with E-state index in [0.717, 1.165) is 17.1 Å². The summed E-state index contributed by atoms with van der Waals surface area (Å²) >= 11 is 0. The molecule has 2 aromatic heterocycles. The summed E-state index contributed by atoms with van der Waals surface area (Å²) in [6, 6.07) is 7.90. The van der Waals surface area contributed by atoms with Crippen molar-refractivity contribution < 1.29 is 14.2 Å². The van der Waals surface area contributed by atoms with Crippen molar-refractivity contribution >= 4 is 0 Å². The third kappa shape index (κ3) is 2.07. The van der Waals surface area contributed by atoms with Crippen LogP contribution < -0.4 is 14.2 Å². The van der Waals surface area contributed by atoms with E-state index in [1.165, 1.54) is 14.2 Å². The topological polar surface area (TPSA) is 84.2 Å². The number of ether oxygens (including phenoxy) is 3. The van der Waals surface area contributed by atoms with Crippen LogP contribution in [0.3, 0.4) is 0 Å². The molecular formula is C15H13N5O3. The lowest BCUT2D eigenvalue weighted by molar-refractivity contribution is 0.282. The summed E-state index contributed by atoms with van der Waals surface area (Å²) in [6.45, 7) is 0.356. The Hall–Kier alpha value is -3.16. The Morgan fingerprint density at radius 3 is 2.87 bits per heavy atom. The van der Waals surface area contributed by atoms with E-state index in [9.17, 15) is 0 Å². The second-order valence-corrected chi connectivity index (χ2v) is 4.83. The summed E-state index contributed by atoms with van der Waals surface area (Å²) in [6.07, 6.45) is 1.61. The van der Waals surface area contributed by atoms with E-state index in [0.29, 0.717) is 23.7 Å². The molecule has 8 heteroatoms. The van der Waals surface area contributed by atoms with Crippen molar-refractivity contribution in [2.45, 2.75) is 6.61 Å². The van der Waals surface area contributed by atoms with Gasteiger partial charge in [0.1, 0.15) is 29.4 Å². The maximum absolute atomic E-state index is 5.78. The molecular weight excluding hydrogens is 298 g/mol. The van der Waals surface area contributed by atoms with Crippen molar-refractivity contribution in [1.29, 1.82) is 0 Å². The molecule has 0 unspecified atom stereocenters. The van der Waals surface area contributed by atoms with Crippen LogP contribution in [0.2, 0.25) is 0 Å². The number of nitrogens with zero attached hydrogens (tertiary/aromatic N) is 5. The number of aromatic nitrogens is 5. The quantitative estimate of drug-likeness (QED) is 0.727. The summed E-state index contributed by atoms with van der Waals surface area (Å²) in [5.74, 6) is 1.15. The van der Waals surface area contributed by atoms with Crippen LogP contribution in [0.1, 0.15) is 5.69 Å². The van der Waals surface area contributed by atoms with Crippen LogP contribution in [0, 0.1) is 0 Å². The van der Waals surface area contributed by atoms with Gasteiger partial charge in [-0.15, -0.1) is 5.10 Å². The maximum atomic E-state index is 5.78. The standard InChI is InChI=1S/C15H13N5O3/c1-21-14-9(7-16-15(17-14)22-2)13-11-8-23-12-6-4-3-5-10(12)20(11)19-18-13/h3-7H,8H2,1-2H3. The average molecular weight is 311 g/mol. The highest BCUT2D eigenvalue weighted by molar-refractivity contribution is 5.67. The van der Waals surface area contributed by atoms with Crippen LogP contribution in [0.4, 0.5) is 0 Å². The third-order valence-electron chi connectivity index (χ3n) is 3.58. The fourth-order valence-corrected chi connectivity index (χ4v) is 2.50. The molecule has 0 N–H and O–H groups in total. The van der Waals surface area contributed by atoms with Gasteiger partial charge in [0, 0.05) is 6.20 Å². The van der Waals surface area contributed by atoms with Gasteiger partial charge in [0.05, 0.1) is 19.8 Å². The zero-order chi connectivity index (χ0) is 15.8. The van der Waals surface area contributed by atoms with Crippen molar-refractivity contribution in [3.8, 4) is 34.6 Å². The van der Waals surface area contributed by atoms with E-state index in [1.54, 1.807) is 10.9 Å². The molecule has 0 atom stereocenters. The van der Waals surface area contributed by atoms with Gasteiger partial charge >= 0.3 is 6.01 Å². The second kappa shape index (κ2) is 5.24. The van der Waals surface area contributed by atoms with Crippen molar-refractivity contribution in [2.75, 3.05) is 14.2 Å². The van der Waals surface area contributed by atoms with Crippen molar-refractivity contribution in [1.82, 2.24) is 25.0 Å². The van der Waals surface area contributed by atoms with E-state index in [1.807, 2.05) is 24.3 Å². The third-order valence-corrected chi connectivity index (χ3v) is 3.58. The minimum atomic E-state index is 0.230. The number of methoxy groups -OCH3 is 2. The molecule has 0 saturated carbocycles. The van der Waals surface area contributed by atoms with Gasteiger partial charge in [-0.2, -0.15) is 4.98 Å². The van der Waals surface area contributed by atoms with Gasteiger partial charge in [-0.05, 0) is 12.1 Å². The molecule has 0 amide bonds. The average Bonchev–Trinajstić information content (AvgIpc) is 3.05. The first-order valence-electron chi connectivity index (χ1n) is 6.94. The molecule has 0 saturated heterocycles. The summed E-state index contributed by atoms with van der Waals surface area (Å²) < 4.78 is 17.9. The Morgan fingerprint density at radius 2 is 2.04 bits per heavy atom. The van der Waals surface area contributed by atoms with E-state index in [2.05, 4.69) is 20.3 Å². The predicted octanol–water partition coefficient (Wildman–Crippen LogP) is 1.63. The van der Waals surface area contributed by atoms with Crippen LogP contribution in [0.25, 0.3) is 16.9 Å². The maximum Gasteiger partial charge on any atom is 0.319 e. The highest BCUT2D eigenvalue weighted by Gasteiger charge is 2.25. The lowest BCUT2D eigenvalue weighted by Gasteiger charge is -2.18. The molecule has 0 bridgehead atoms. The Labute approximate surface area is 131 Å². The fraction of sp³-hybridized carbons (Fsp3) is 0.200. The van der Waals surface area contributed by atoms with Crippen LogP contribution in [-0.2, 0) is 6.61 Å². The number of hydrogen-bond donors (Lipinski definition) is 0. The van der Waals surface area contributed by atoms with Gasteiger partial charge in [0.2, 0.25) is 5.88 Å². The van der Waals surface area contributed by atoms with Gasteiger partial charge in [0.15, 0.2) is 0 Å². The molecule has 0 fully saturated rings. The van der Waals surface area contributed by atoms with Crippen molar-refractivity contribution in [3.63, 3.8) is 0 Å². The Morgan fingerprint density at radius 1 is 1.17 bits per heavy atom. The molecule has 4 rings (SSSR count). The van der Waals surface area contributed by atoms with Crippen LogP contribution in [0.15, 0.2) is 30.5 Å². The van der Waals surface area contributed by atoms with Crippen LogP contribution >= 0.6 is 0 Å². The predicted molar refractivity (Wildman–Crippen MR) is 79.8 cm³/mol. The Kier molecular flexibility index (Phi) is 3.07. The molecule has 1 aliphatic rings. The van der Waals surface area contributed by atoms with Crippen molar-refractivity contribution in [3.05, 3.63) is 36.2 Å². The van der Waals surface area contributed by atoms with E-state index in [4.69, 9.17) is 14.2 Å². The van der Waals surface area contributed by atoms with Gasteiger partial charge in [-0.1, -0.05) is 17.3 Å². The first kappa shape index (κ1) is 13.5. The summed E-state index contributed by atoms with van der Waals surface area (Å²) in [4.78, 5) is 8.31. The zero-order valence-corrected chi connectivity index (χ0v) is 12.6. The fourth-order valence-electron chi connectivity index (χ4n) is 2.50. The van der Waals surface area contributed by atoms with Gasteiger partial charge in [-0.3, -0.25) is 0 Å². The lowest BCUT2D eigenvalue weighted by Crippen LogP contribution is -2.13. The van der Waals surface area contributed by atoms with Gasteiger partial charge < -0.3 is 14.2 Å². The van der Waals surface area contributed by atoms with E-state index in [-0.39, 0.29) is 6.01 Å². The molecule has 0 radical (unpaired) electrons. The first-order chi connectivity index (χ1) is 11.3. The molecule has 116 valence electrons. The number of rotatable bonds is 3. The number of fused-ring (bicyclic) bond motifs is 3. The summed E-state index contributed by atoms with van der Waals surface area (Å²) in [5.41, 5.74) is 2.92. The zero-order valence-electron chi connectivity index (χ0n) is 12.6.